The molecule has 4 fully saturated rings. The summed E-state index contributed by atoms with van der Waals surface area (Å²) in [6, 6.07) is 0. The van der Waals surface area contributed by atoms with Crippen LogP contribution in [-0.2, 0) is 9.53 Å². The summed E-state index contributed by atoms with van der Waals surface area (Å²) >= 11 is 0. The van der Waals surface area contributed by atoms with E-state index in [-0.39, 0.29) is 17.5 Å². The van der Waals surface area contributed by atoms with Crippen LogP contribution in [0, 0.1) is 46.3 Å². The summed E-state index contributed by atoms with van der Waals surface area (Å²) < 4.78 is 6.17. The fourth-order valence-electron chi connectivity index (χ4n) is 9.71. The van der Waals surface area contributed by atoms with Gasteiger partial charge in [0.15, 0.2) is 0 Å². The zero-order valence-corrected chi connectivity index (χ0v) is 21.8. The van der Waals surface area contributed by atoms with Gasteiger partial charge in [-0.2, -0.15) is 0 Å². The first kappa shape index (κ1) is 24.6. The van der Waals surface area contributed by atoms with Crippen molar-refractivity contribution in [3.63, 3.8) is 0 Å². The summed E-state index contributed by atoms with van der Waals surface area (Å²) in [6.07, 6.45) is 13.9. The summed E-state index contributed by atoms with van der Waals surface area (Å²) in [4.78, 5) is 12.1. The maximum Gasteiger partial charge on any atom is 0.303 e. The fourth-order valence-corrected chi connectivity index (χ4v) is 9.71. The summed E-state index contributed by atoms with van der Waals surface area (Å²) in [6.45, 7) is 13.9. The number of aliphatic hydroxyl groups excluding tert-OH is 1. The standard InChI is InChI=1S/C29H50O3/c1-19(2)8-7-9-20(3)24-10-11-25-23-13-17-29(32-21(4)30)18-22(31)12-16-28(29,6)26(23)14-15-27(24,25)5/h19-20,22-26,31H,7-18H2,1-6H3/t20-,22?,23+,24-,25+,26+,27-,28-,29?/m1/s1. The van der Waals surface area contributed by atoms with E-state index < -0.39 is 5.60 Å². The second-order valence-electron chi connectivity index (χ2n) is 13.3. The van der Waals surface area contributed by atoms with E-state index in [1.807, 2.05) is 0 Å². The van der Waals surface area contributed by atoms with Gasteiger partial charge in [0.1, 0.15) is 5.60 Å². The molecule has 4 aliphatic rings. The van der Waals surface area contributed by atoms with E-state index in [1.54, 1.807) is 6.92 Å². The zero-order valence-electron chi connectivity index (χ0n) is 21.8. The van der Waals surface area contributed by atoms with Crippen molar-refractivity contribution in [2.45, 2.75) is 130 Å². The smallest absolute Gasteiger partial charge is 0.303 e. The lowest BCUT2D eigenvalue weighted by atomic mass is 9.43. The molecule has 0 heterocycles. The van der Waals surface area contributed by atoms with Gasteiger partial charge in [0.2, 0.25) is 0 Å². The molecule has 0 aromatic heterocycles. The lowest BCUT2D eigenvalue weighted by molar-refractivity contribution is -0.237. The van der Waals surface area contributed by atoms with Crippen molar-refractivity contribution < 1.29 is 14.6 Å². The Labute approximate surface area is 197 Å². The van der Waals surface area contributed by atoms with Gasteiger partial charge < -0.3 is 9.84 Å². The van der Waals surface area contributed by atoms with E-state index in [1.165, 1.54) is 51.4 Å². The molecule has 3 heteroatoms. The van der Waals surface area contributed by atoms with Crippen molar-refractivity contribution in [1.29, 1.82) is 0 Å². The number of carbonyl (C=O) groups is 1. The van der Waals surface area contributed by atoms with Crippen molar-refractivity contribution in [3.05, 3.63) is 0 Å². The zero-order chi connectivity index (χ0) is 23.3. The molecule has 4 saturated carbocycles. The van der Waals surface area contributed by atoms with Crippen LogP contribution in [0.4, 0.5) is 0 Å². The second kappa shape index (κ2) is 8.90. The van der Waals surface area contributed by atoms with Gasteiger partial charge in [-0.15, -0.1) is 0 Å². The molecular formula is C29H50O3. The Bertz CT molecular complexity index is 688. The molecule has 0 aromatic rings. The number of hydrogen-bond donors (Lipinski definition) is 1. The fraction of sp³-hybridized carbons (Fsp3) is 0.966. The Kier molecular flexibility index (Phi) is 6.83. The van der Waals surface area contributed by atoms with Crippen molar-refractivity contribution in [2.24, 2.45) is 46.3 Å². The van der Waals surface area contributed by atoms with Crippen LogP contribution < -0.4 is 0 Å². The monoisotopic (exact) mass is 446 g/mol. The average molecular weight is 447 g/mol. The van der Waals surface area contributed by atoms with Gasteiger partial charge >= 0.3 is 5.97 Å². The van der Waals surface area contributed by atoms with Crippen LogP contribution >= 0.6 is 0 Å². The third kappa shape index (κ3) is 3.97. The minimum atomic E-state index is -0.451. The van der Waals surface area contributed by atoms with Crippen molar-refractivity contribution in [1.82, 2.24) is 0 Å². The molecule has 1 N–H and O–H groups in total. The normalized spacial score (nSPS) is 46.8. The molecular weight excluding hydrogens is 396 g/mol. The molecule has 0 aliphatic heterocycles. The Balaban J connectivity index is 1.53. The third-order valence-electron chi connectivity index (χ3n) is 11.3. The number of rotatable bonds is 6. The summed E-state index contributed by atoms with van der Waals surface area (Å²) in [7, 11) is 0. The number of aliphatic hydroxyl groups is 1. The molecule has 2 unspecified atom stereocenters. The first-order valence-electron chi connectivity index (χ1n) is 13.9. The molecule has 4 aliphatic carbocycles. The van der Waals surface area contributed by atoms with E-state index in [9.17, 15) is 9.90 Å². The predicted octanol–water partition coefficient (Wildman–Crippen LogP) is 7.15. The van der Waals surface area contributed by atoms with Crippen LogP contribution in [0.2, 0.25) is 0 Å². The molecule has 184 valence electrons. The highest BCUT2D eigenvalue weighted by Gasteiger charge is 2.66. The van der Waals surface area contributed by atoms with Crippen molar-refractivity contribution >= 4 is 5.97 Å². The number of fused-ring (bicyclic) bond motifs is 5. The topological polar surface area (TPSA) is 46.5 Å². The first-order chi connectivity index (χ1) is 15.0. The number of carbonyl (C=O) groups excluding carboxylic acids is 1. The molecule has 32 heavy (non-hydrogen) atoms. The van der Waals surface area contributed by atoms with Gasteiger partial charge in [0, 0.05) is 18.8 Å². The summed E-state index contributed by atoms with van der Waals surface area (Å²) in [5, 5.41) is 10.5. The second-order valence-corrected chi connectivity index (χ2v) is 13.3. The van der Waals surface area contributed by atoms with Crippen LogP contribution in [0.25, 0.3) is 0 Å². The highest BCUT2D eigenvalue weighted by molar-refractivity contribution is 5.66. The Hall–Kier alpha value is -0.570. The van der Waals surface area contributed by atoms with Crippen molar-refractivity contribution in [2.75, 3.05) is 0 Å². The predicted molar refractivity (Wildman–Crippen MR) is 130 cm³/mol. The summed E-state index contributed by atoms with van der Waals surface area (Å²) in [5.41, 5.74) is 0.0566. The highest BCUT2D eigenvalue weighted by atomic mass is 16.6. The molecule has 0 radical (unpaired) electrons. The molecule has 0 bridgehead atoms. The van der Waals surface area contributed by atoms with E-state index in [0.29, 0.717) is 17.8 Å². The minimum Gasteiger partial charge on any atom is -0.459 e. The van der Waals surface area contributed by atoms with Crippen LogP contribution in [0.15, 0.2) is 0 Å². The van der Waals surface area contributed by atoms with Gasteiger partial charge in [-0.05, 0) is 92.3 Å². The Morgan fingerprint density at radius 2 is 1.72 bits per heavy atom. The number of hydrogen-bond acceptors (Lipinski definition) is 3. The van der Waals surface area contributed by atoms with E-state index in [0.717, 1.165) is 48.9 Å². The average Bonchev–Trinajstić information content (AvgIpc) is 3.05. The van der Waals surface area contributed by atoms with Gasteiger partial charge in [0.25, 0.3) is 0 Å². The van der Waals surface area contributed by atoms with Gasteiger partial charge in [-0.25, -0.2) is 0 Å². The minimum absolute atomic E-state index is 0.0170. The molecule has 0 amide bonds. The Morgan fingerprint density at radius 3 is 2.41 bits per heavy atom. The lowest BCUT2D eigenvalue weighted by Gasteiger charge is -2.64. The largest absolute Gasteiger partial charge is 0.459 e. The molecule has 0 saturated heterocycles. The van der Waals surface area contributed by atoms with E-state index in [4.69, 9.17) is 4.74 Å². The molecule has 0 spiro atoms. The molecule has 4 rings (SSSR count). The number of esters is 1. The van der Waals surface area contributed by atoms with Gasteiger partial charge in [-0.3, -0.25) is 4.79 Å². The quantitative estimate of drug-likeness (QED) is 0.440. The summed E-state index contributed by atoms with van der Waals surface area (Å²) in [5.74, 6) is 4.60. The SMILES string of the molecule is CC(=O)OC12CC[C@H]3[C@@H]4CC[C@H]([C@H](C)CCCC(C)C)[C@@]4(C)CC[C@@H]3[C@@]1(C)CCC(O)C2. The van der Waals surface area contributed by atoms with Crippen molar-refractivity contribution in [3.8, 4) is 0 Å². The third-order valence-corrected chi connectivity index (χ3v) is 11.3. The van der Waals surface area contributed by atoms with Crippen LogP contribution in [-0.4, -0.2) is 22.8 Å². The molecule has 0 aromatic carbocycles. The van der Waals surface area contributed by atoms with E-state index >= 15 is 0 Å². The van der Waals surface area contributed by atoms with Gasteiger partial charge in [-0.1, -0.05) is 53.9 Å². The molecule has 3 nitrogen and oxygen atoms in total. The lowest BCUT2D eigenvalue weighted by Crippen LogP contribution is -2.64. The van der Waals surface area contributed by atoms with Gasteiger partial charge in [0.05, 0.1) is 6.10 Å². The van der Waals surface area contributed by atoms with E-state index in [2.05, 4.69) is 34.6 Å². The number of ether oxygens (including phenoxy) is 1. The maximum absolute atomic E-state index is 12.1. The van der Waals surface area contributed by atoms with Crippen LogP contribution in [0.1, 0.15) is 119 Å². The highest BCUT2D eigenvalue weighted by Crippen LogP contribution is 2.69. The first-order valence-corrected chi connectivity index (χ1v) is 13.9. The van der Waals surface area contributed by atoms with Crippen LogP contribution in [0.3, 0.4) is 0 Å². The Morgan fingerprint density at radius 1 is 0.969 bits per heavy atom. The van der Waals surface area contributed by atoms with Crippen LogP contribution in [0.5, 0.6) is 0 Å². The molecule has 9 atom stereocenters. The maximum atomic E-state index is 12.1.